The number of amides is 1. The van der Waals surface area contributed by atoms with Crippen molar-refractivity contribution < 1.29 is 14.3 Å². The Morgan fingerprint density at radius 2 is 1.84 bits per heavy atom. The van der Waals surface area contributed by atoms with Gasteiger partial charge in [-0.1, -0.05) is 0 Å². The van der Waals surface area contributed by atoms with Crippen molar-refractivity contribution in [2.45, 2.75) is 0 Å². The van der Waals surface area contributed by atoms with Crippen molar-refractivity contribution >= 4 is 11.6 Å². The van der Waals surface area contributed by atoms with Gasteiger partial charge in [0.15, 0.2) is 0 Å². The third-order valence-corrected chi connectivity index (χ3v) is 3.70. The van der Waals surface area contributed by atoms with E-state index >= 15 is 0 Å². The van der Waals surface area contributed by atoms with Crippen LogP contribution in [0.2, 0.25) is 0 Å². The van der Waals surface area contributed by atoms with Crippen LogP contribution in [0.4, 0.5) is 5.69 Å². The Labute approximate surface area is 145 Å². The number of carbonyl (C=O) groups excluding carboxylic acids is 1. The molecule has 0 fully saturated rings. The fraction of sp³-hybridized carbons (Fsp3) is 0.167. The fourth-order valence-corrected chi connectivity index (χ4v) is 2.35. The Hall–Kier alpha value is -3.35. The lowest BCUT2D eigenvalue weighted by molar-refractivity contribution is 0.101. The standard InChI is InChI=1S/C18H18N4O3/c1-22-16(18(23)20-13-6-9-17(25-3)19-11-13)10-15(21-22)12-4-7-14(24-2)8-5-12/h4-11H,1-3H3,(H,20,23). The average molecular weight is 338 g/mol. The minimum absolute atomic E-state index is 0.262. The molecule has 0 aliphatic heterocycles. The van der Waals surface area contributed by atoms with E-state index in [4.69, 9.17) is 9.47 Å². The number of ether oxygens (including phenoxy) is 2. The summed E-state index contributed by atoms with van der Waals surface area (Å²) in [6, 6.07) is 12.7. The van der Waals surface area contributed by atoms with Crippen molar-refractivity contribution in [2.75, 3.05) is 19.5 Å². The van der Waals surface area contributed by atoms with Crippen LogP contribution < -0.4 is 14.8 Å². The Balaban J connectivity index is 1.79. The highest BCUT2D eigenvalue weighted by atomic mass is 16.5. The van der Waals surface area contributed by atoms with Crippen molar-refractivity contribution in [3.63, 3.8) is 0 Å². The average Bonchev–Trinajstić information content (AvgIpc) is 3.04. The van der Waals surface area contributed by atoms with E-state index in [-0.39, 0.29) is 5.91 Å². The molecule has 2 aromatic heterocycles. The molecule has 0 aliphatic rings. The number of aryl methyl sites for hydroxylation is 1. The highest BCUT2D eigenvalue weighted by molar-refractivity contribution is 6.03. The van der Waals surface area contributed by atoms with Gasteiger partial charge in [0.25, 0.3) is 5.91 Å². The SMILES string of the molecule is COc1ccc(-c2cc(C(=O)Nc3ccc(OC)nc3)n(C)n2)cc1. The molecule has 1 aromatic carbocycles. The first-order valence-corrected chi connectivity index (χ1v) is 7.60. The van der Waals surface area contributed by atoms with Crippen LogP contribution in [0.3, 0.4) is 0 Å². The Morgan fingerprint density at radius 1 is 1.08 bits per heavy atom. The van der Waals surface area contributed by atoms with E-state index in [9.17, 15) is 4.79 Å². The minimum atomic E-state index is -0.262. The largest absolute Gasteiger partial charge is 0.497 e. The number of benzene rings is 1. The van der Waals surface area contributed by atoms with Gasteiger partial charge in [-0.15, -0.1) is 0 Å². The summed E-state index contributed by atoms with van der Waals surface area (Å²) in [7, 11) is 4.89. The first kappa shape index (κ1) is 16.5. The second-order valence-electron chi connectivity index (χ2n) is 5.31. The smallest absolute Gasteiger partial charge is 0.273 e. The van der Waals surface area contributed by atoms with Crippen LogP contribution in [0.15, 0.2) is 48.7 Å². The van der Waals surface area contributed by atoms with Crippen molar-refractivity contribution in [2.24, 2.45) is 7.05 Å². The highest BCUT2D eigenvalue weighted by Gasteiger charge is 2.15. The third-order valence-electron chi connectivity index (χ3n) is 3.70. The van der Waals surface area contributed by atoms with E-state index in [1.165, 1.54) is 13.3 Å². The topological polar surface area (TPSA) is 78.3 Å². The number of hydrogen-bond donors (Lipinski definition) is 1. The van der Waals surface area contributed by atoms with Gasteiger partial charge in [-0.3, -0.25) is 9.48 Å². The summed E-state index contributed by atoms with van der Waals surface area (Å²) in [5.41, 5.74) is 2.64. The Bertz CT molecular complexity index is 870. The fourth-order valence-electron chi connectivity index (χ4n) is 2.35. The quantitative estimate of drug-likeness (QED) is 0.774. The summed E-state index contributed by atoms with van der Waals surface area (Å²) in [4.78, 5) is 16.5. The number of hydrogen-bond acceptors (Lipinski definition) is 5. The van der Waals surface area contributed by atoms with Gasteiger partial charge in [-0.2, -0.15) is 5.10 Å². The molecule has 0 unspecified atom stereocenters. The number of methoxy groups -OCH3 is 2. The molecule has 0 saturated carbocycles. The minimum Gasteiger partial charge on any atom is -0.497 e. The molecule has 2 heterocycles. The Morgan fingerprint density at radius 3 is 2.44 bits per heavy atom. The molecule has 3 rings (SSSR count). The summed E-state index contributed by atoms with van der Waals surface area (Å²) in [6.45, 7) is 0. The summed E-state index contributed by atoms with van der Waals surface area (Å²) < 4.78 is 11.7. The maximum Gasteiger partial charge on any atom is 0.273 e. The molecule has 0 spiro atoms. The zero-order valence-corrected chi connectivity index (χ0v) is 14.2. The molecule has 0 atom stereocenters. The number of aromatic nitrogens is 3. The van der Waals surface area contributed by atoms with Crippen LogP contribution in [0.1, 0.15) is 10.5 Å². The number of rotatable bonds is 5. The van der Waals surface area contributed by atoms with Crippen molar-refractivity contribution in [1.29, 1.82) is 0 Å². The maximum absolute atomic E-state index is 12.5. The van der Waals surface area contributed by atoms with Gasteiger partial charge in [-0.25, -0.2) is 4.98 Å². The second kappa shape index (κ2) is 7.04. The molecule has 1 amide bonds. The lowest BCUT2D eigenvalue weighted by atomic mass is 10.1. The molecule has 0 radical (unpaired) electrons. The molecule has 1 N–H and O–H groups in total. The van der Waals surface area contributed by atoms with E-state index in [1.54, 1.807) is 37.0 Å². The van der Waals surface area contributed by atoms with Gasteiger partial charge in [0, 0.05) is 18.7 Å². The normalized spacial score (nSPS) is 10.4. The molecule has 128 valence electrons. The first-order chi connectivity index (χ1) is 12.1. The van der Waals surface area contributed by atoms with Gasteiger partial charge >= 0.3 is 0 Å². The molecule has 0 aliphatic carbocycles. The van der Waals surface area contributed by atoms with Crippen LogP contribution in [0.25, 0.3) is 11.3 Å². The van der Waals surface area contributed by atoms with Gasteiger partial charge in [0.05, 0.1) is 31.8 Å². The molecule has 7 nitrogen and oxygen atoms in total. The highest BCUT2D eigenvalue weighted by Crippen LogP contribution is 2.22. The molecule has 3 aromatic rings. The number of nitrogens with one attached hydrogen (secondary N) is 1. The van der Waals surface area contributed by atoms with Gasteiger partial charge in [-0.05, 0) is 36.4 Å². The lowest BCUT2D eigenvalue weighted by Crippen LogP contribution is -2.16. The van der Waals surface area contributed by atoms with E-state index in [1.807, 2.05) is 24.3 Å². The van der Waals surface area contributed by atoms with Crippen LogP contribution in [-0.4, -0.2) is 34.9 Å². The number of pyridine rings is 1. The van der Waals surface area contributed by atoms with Crippen LogP contribution in [0, 0.1) is 0 Å². The summed E-state index contributed by atoms with van der Waals surface area (Å²) in [5.74, 6) is 0.992. The maximum atomic E-state index is 12.5. The van der Waals surface area contributed by atoms with E-state index < -0.39 is 0 Å². The number of carbonyl (C=O) groups is 1. The molecular weight excluding hydrogens is 320 g/mol. The Kier molecular flexibility index (Phi) is 4.65. The summed E-state index contributed by atoms with van der Waals surface area (Å²) in [5, 5.41) is 7.20. The summed E-state index contributed by atoms with van der Waals surface area (Å²) >= 11 is 0. The predicted octanol–water partition coefficient (Wildman–Crippen LogP) is 2.75. The van der Waals surface area contributed by atoms with Crippen molar-refractivity contribution in [3.05, 3.63) is 54.4 Å². The van der Waals surface area contributed by atoms with Crippen molar-refractivity contribution in [3.8, 4) is 22.9 Å². The van der Waals surface area contributed by atoms with Crippen LogP contribution in [0.5, 0.6) is 11.6 Å². The van der Waals surface area contributed by atoms with Crippen molar-refractivity contribution in [1.82, 2.24) is 14.8 Å². The van der Waals surface area contributed by atoms with Gasteiger partial charge in [0.2, 0.25) is 5.88 Å². The van der Waals surface area contributed by atoms with E-state index in [0.717, 1.165) is 11.3 Å². The monoisotopic (exact) mass is 338 g/mol. The van der Waals surface area contributed by atoms with Crippen LogP contribution >= 0.6 is 0 Å². The lowest BCUT2D eigenvalue weighted by Gasteiger charge is -2.05. The number of anilines is 1. The molecule has 7 heteroatoms. The van der Waals surface area contributed by atoms with Gasteiger partial charge < -0.3 is 14.8 Å². The third kappa shape index (κ3) is 3.60. The van der Waals surface area contributed by atoms with E-state index in [0.29, 0.717) is 23.0 Å². The van der Waals surface area contributed by atoms with Gasteiger partial charge in [0.1, 0.15) is 11.4 Å². The molecule has 0 saturated heterocycles. The molecule has 25 heavy (non-hydrogen) atoms. The number of nitrogens with zero attached hydrogens (tertiary/aromatic N) is 3. The predicted molar refractivity (Wildman–Crippen MR) is 93.9 cm³/mol. The van der Waals surface area contributed by atoms with E-state index in [2.05, 4.69) is 15.4 Å². The second-order valence-corrected chi connectivity index (χ2v) is 5.31. The van der Waals surface area contributed by atoms with Crippen LogP contribution in [-0.2, 0) is 7.05 Å². The zero-order chi connectivity index (χ0) is 17.8. The first-order valence-electron chi connectivity index (χ1n) is 7.60. The molecule has 0 bridgehead atoms. The zero-order valence-electron chi connectivity index (χ0n) is 14.2. The summed E-state index contributed by atoms with van der Waals surface area (Å²) in [6.07, 6.45) is 1.54. The molecular formula is C18H18N4O3.